The SMILES string of the molecule is CN1C(=O)COc2cc(C3CCC(=O)CC3)ccc21. The predicted octanol–water partition coefficient (Wildman–Crippen LogP) is 2.27. The van der Waals surface area contributed by atoms with Crippen molar-refractivity contribution in [2.45, 2.75) is 31.6 Å². The number of hydrogen-bond donors (Lipinski definition) is 0. The van der Waals surface area contributed by atoms with Gasteiger partial charge in [0.2, 0.25) is 0 Å². The average Bonchev–Trinajstić information content (AvgIpc) is 2.43. The average molecular weight is 259 g/mol. The zero-order chi connectivity index (χ0) is 13.4. The van der Waals surface area contributed by atoms with Crippen molar-refractivity contribution < 1.29 is 14.3 Å². The summed E-state index contributed by atoms with van der Waals surface area (Å²) in [4.78, 5) is 24.5. The Kier molecular flexibility index (Phi) is 3.01. The van der Waals surface area contributed by atoms with Gasteiger partial charge in [-0.2, -0.15) is 0 Å². The van der Waals surface area contributed by atoms with E-state index in [0.717, 1.165) is 24.3 Å². The van der Waals surface area contributed by atoms with Crippen molar-refractivity contribution in [3.63, 3.8) is 0 Å². The lowest BCUT2D eigenvalue weighted by atomic mass is 9.83. The molecule has 0 unspecified atom stereocenters. The van der Waals surface area contributed by atoms with E-state index in [4.69, 9.17) is 4.74 Å². The minimum Gasteiger partial charge on any atom is -0.482 e. The molecule has 1 aliphatic heterocycles. The highest BCUT2D eigenvalue weighted by Gasteiger charge is 2.25. The number of likely N-dealkylation sites (N-methyl/N-ethyl adjacent to an activating group) is 1. The Morgan fingerprint density at radius 2 is 1.95 bits per heavy atom. The summed E-state index contributed by atoms with van der Waals surface area (Å²) in [6.07, 6.45) is 3.21. The molecule has 1 aromatic carbocycles. The number of benzene rings is 1. The first-order valence-electron chi connectivity index (χ1n) is 6.70. The maximum absolute atomic E-state index is 11.5. The van der Waals surface area contributed by atoms with E-state index >= 15 is 0 Å². The summed E-state index contributed by atoms with van der Waals surface area (Å²) in [6, 6.07) is 6.02. The molecule has 19 heavy (non-hydrogen) atoms. The van der Waals surface area contributed by atoms with Crippen molar-refractivity contribution in [2.24, 2.45) is 0 Å². The summed E-state index contributed by atoms with van der Waals surface area (Å²) in [7, 11) is 1.77. The van der Waals surface area contributed by atoms with E-state index in [1.165, 1.54) is 5.56 Å². The van der Waals surface area contributed by atoms with Crippen molar-refractivity contribution in [1.82, 2.24) is 0 Å². The standard InChI is InChI=1S/C15H17NO3/c1-16-13-7-4-11(8-14(13)19-9-15(16)18)10-2-5-12(17)6-3-10/h4,7-8,10H,2-3,5-6,9H2,1H3. The summed E-state index contributed by atoms with van der Waals surface area (Å²) in [6.45, 7) is 0.107. The number of fused-ring (bicyclic) bond motifs is 1. The van der Waals surface area contributed by atoms with Gasteiger partial charge in [0.05, 0.1) is 5.69 Å². The fourth-order valence-corrected chi connectivity index (χ4v) is 2.82. The molecule has 0 saturated heterocycles. The monoisotopic (exact) mass is 259 g/mol. The molecule has 0 aromatic heterocycles. The summed E-state index contributed by atoms with van der Waals surface area (Å²) in [5.41, 5.74) is 2.04. The van der Waals surface area contributed by atoms with E-state index in [1.807, 2.05) is 12.1 Å². The first-order chi connectivity index (χ1) is 9.15. The number of Topliss-reactive ketones (excluding diaryl/α,β-unsaturated/α-hetero) is 1. The fourth-order valence-electron chi connectivity index (χ4n) is 2.82. The van der Waals surface area contributed by atoms with Gasteiger partial charge in [-0.3, -0.25) is 9.59 Å². The lowest BCUT2D eigenvalue weighted by Crippen LogP contribution is -2.35. The lowest BCUT2D eigenvalue weighted by Gasteiger charge is -2.28. The van der Waals surface area contributed by atoms with Gasteiger partial charge >= 0.3 is 0 Å². The maximum Gasteiger partial charge on any atom is 0.264 e. The minimum atomic E-state index is -0.0245. The van der Waals surface area contributed by atoms with Crippen molar-refractivity contribution in [3.05, 3.63) is 23.8 Å². The quantitative estimate of drug-likeness (QED) is 0.777. The normalized spacial score (nSPS) is 20.2. The molecule has 4 heteroatoms. The lowest BCUT2D eigenvalue weighted by molar-refractivity contribution is -0.121. The van der Waals surface area contributed by atoms with Crippen LogP contribution in [0.4, 0.5) is 5.69 Å². The Hall–Kier alpha value is -1.84. The first kappa shape index (κ1) is 12.2. The van der Waals surface area contributed by atoms with Gasteiger partial charge in [-0.25, -0.2) is 0 Å². The number of nitrogens with zero attached hydrogens (tertiary/aromatic N) is 1. The van der Waals surface area contributed by atoms with Crippen LogP contribution in [0, 0.1) is 0 Å². The van der Waals surface area contributed by atoms with Gasteiger partial charge in [-0.05, 0) is 36.5 Å². The largest absolute Gasteiger partial charge is 0.482 e. The van der Waals surface area contributed by atoms with Crippen molar-refractivity contribution in [1.29, 1.82) is 0 Å². The van der Waals surface area contributed by atoms with Crippen LogP contribution in [0.1, 0.15) is 37.2 Å². The highest BCUT2D eigenvalue weighted by Crippen LogP contribution is 2.37. The number of ketones is 1. The van der Waals surface area contributed by atoms with Crippen LogP contribution in [-0.4, -0.2) is 25.3 Å². The Morgan fingerprint density at radius 3 is 2.68 bits per heavy atom. The summed E-state index contributed by atoms with van der Waals surface area (Å²) in [5, 5.41) is 0. The van der Waals surface area contributed by atoms with Crippen LogP contribution in [-0.2, 0) is 9.59 Å². The molecule has 3 rings (SSSR count). The first-order valence-corrected chi connectivity index (χ1v) is 6.70. The molecule has 0 atom stereocenters. The van der Waals surface area contributed by atoms with Crippen molar-refractivity contribution >= 4 is 17.4 Å². The third kappa shape index (κ3) is 2.23. The molecule has 0 radical (unpaired) electrons. The van der Waals surface area contributed by atoms with E-state index in [-0.39, 0.29) is 12.5 Å². The number of rotatable bonds is 1. The number of carbonyl (C=O) groups is 2. The predicted molar refractivity (Wildman–Crippen MR) is 71.6 cm³/mol. The summed E-state index contributed by atoms with van der Waals surface area (Å²) < 4.78 is 5.50. The van der Waals surface area contributed by atoms with Crippen LogP contribution in [0.5, 0.6) is 5.75 Å². The van der Waals surface area contributed by atoms with Crippen LogP contribution in [0.2, 0.25) is 0 Å². The van der Waals surface area contributed by atoms with Gasteiger partial charge in [-0.15, -0.1) is 0 Å². The van der Waals surface area contributed by atoms with Gasteiger partial charge in [0.1, 0.15) is 11.5 Å². The molecule has 2 aliphatic rings. The number of amides is 1. The second-order valence-corrected chi connectivity index (χ2v) is 5.28. The van der Waals surface area contributed by atoms with E-state index in [0.29, 0.717) is 24.5 Å². The zero-order valence-corrected chi connectivity index (χ0v) is 11.0. The Balaban J connectivity index is 1.85. The molecule has 1 aliphatic carbocycles. The Morgan fingerprint density at radius 1 is 1.21 bits per heavy atom. The van der Waals surface area contributed by atoms with Crippen LogP contribution in [0.25, 0.3) is 0 Å². The van der Waals surface area contributed by atoms with E-state index in [2.05, 4.69) is 6.07 Å². The second kappa shape index (κ2) is 4.68. The van der Waals surface area contributed by atoms with Crippen molar-refractivity contribution in [3.8, 4) is 5.75 Å². The summed E-state index contributed by atoms with van der Waals surface area (Å²) in [5.74, 6) is 1.56. The van der Waals surface area contributed by atoms with Crippen LogP contribution in [0.3, 0.4) is 0 Å². The molecule has 0 N–H and O–H groups in total. The third-order valence-electron chi connectivity index (χ3n) is 4.09. The second-order valence-electron chi connectivity index (χ2n) is 5.28. The molecule has 100 valence electrons. The molecule has 4 nitrogen and oxygen atoms in total. The number of anilines is 1. The van der Waals surface area contributed by atoms with Gasteiger partial charge < -0.3 is 9.64 Å². The molecule has 1 aromatic rings. The molecule has 1 fully saturated rings. The Bertz CT molecular complexity index is 528. The zero-order valence-electron chi connectivity index (χ0n) is 11.0. The minimum absolute atomic E-state index is 0.0245. The van der Waals surface area contributed by atoms with E-state index in [9.17, 15) is 9.59 Å². The van der Waals surface area contributed by atoms with E-state index < -0.39 is 0 Å². The van der Waals surface area contributed by atoms with Gasteiger partial charge in [0.25, 0.3) is 5.91 Å². The van der Waals surface area contributed by atoms with Gasteiger partial charge in [0, 0.05) is 19.9 Å². The molecule has 0 bridgehead atoms. The molecule has 1 heterocycles. The highest BCUT2D eigenvalue weighted by molar-refractivity contribution is 5.97. The molecule has 1 amide bonds. The molecule has 0 spiro atoms. The van der Waals surface area contributed by atoms with Crippen LogP contribution >= 0.6 is 0 Å². The smallest absolute Gasteiger partial charge is 0.264 e. The van der Waals surface area contributed by atoms with Crippen LogP contribution < -0.4 is 9.64 Å². The summed E-state index contributed by atoms with van der Waals surface area (Å²) >= 11 is 0. The molecular formula is C15H17NO3. The fraction of sp³-hybridized carbons (Fsp3) is 0.467. The number of hydrogen-bond acceptors (Lipinski definition) is 3. The molecule has 1 saturated carbocycles. The van der Waals surface area contributed by atoms with Crippen LogP contribution in [0.15, 0.2) is 18.2 Å². The van der Waals surface area contributed by atoms with Gasteiger partial charge in [-0.1, -0.05) is 6.07 Å². The topological polar surface area (TPSA) is 46.6 Å². The highest BCUT2D eigenvalue weighted by atomic mass is 16.5. The van der Waals surface area contributed by atoms with Crippen molar-refractivity contribution in [2.75, 3.05) is 18.6 Å². The third-order valence-corrected chi connectivity index (χ3v) is 4.09. The Labute approximate surface area is 112 Å². The van der Waals surface area contributed by atoms with Gasteiger partial charge in [0.15, 0.2) is 6.61 Å². The molecular weight excluding hydrogens is 242 g/mol. The maximum atomic E-state index is 11.5. The van der Waals surface area contributed by atoms with E-state index in [1.54, 1.807) is 11.9 Å². The number of carbonyl (C=O) groups excluding carboxylic acids is 2. The number of ether oxygens (including phenoxy) is 1.